The van der Waals surface area contributed by atoms with E-state index in [0.29, 0.717) is 19.0 Å². The summed E-state index contributed by atoms with van der Waals surface area (Å²) in [4.78, 5) is 0. The molecule has 0 unspecified atom stereocenters. The van der Waals surface area contributed by atoms with Crippen molar-refractivity contribution in [2.24, 2.45) is 0 Å². The second-order valence-corrected chi connectivity index (χ2v) is 4.68. The highest BCUT2D eigenvalue weighted by Crippen LogP contribution is 2.17. The largest absolute Gasteiger partial charge is 0.492 e. The fourth-order valence-electron chi connectivity index (χ4n) is 1.46. The molecular weight excluding hydrogens is 282 g/mol. The Bertz CT molecular complexity index is 491. The zero-order chi connectivity index (χ0) is 12.3. The van der Waals surface area contributed by atoms with Crippen LogP contribution in [0.5, 0.6) is 5.75 Å². The monoisotopic (exact) mass is 295 g/mol. The maximum absolute atomic E-state index is 5.66. The molecule has 2 aromatic rings. The van der Waals surface area contributed by atoms with Crippen LogP contribution >= 0.6 is 15.9 Å². The lowest BCUT2D eigenvalue weighted by Gasteiger charge is -2.06. The van der Waals surface area contributed by atoms with Crippen LogP contribution in [0.15, 0.2) is 34.9 Å². The van der Waals surface area contributed by atoms with Crippen LogP contribution in [0.3, 0.4) is 0 Å². The minimum absolute atomic E-state index is 0.566. The molecule has 1 aromatic heterocycles. The Kier molecular flexibility index (Phi) is 3.68. The quantitative estimate of drug-likeness (QED) is 0.943. The second kappa shape index (κ2) is 5.23. The van der Waals surface area contributed by atoms with Crippen LogP contribution < -0.4 is 10.5 Å². The van der Waals surface area contributed by atoms with Crippen molar-refractivity contribution in [1.29, 1.82) is 0 Å². The van der Waals surface area contributed by atoms with E-state index in [-0.39, 0.29) is 0 Å². The summed E-state index contributed by atoms with van der Waals surface area (Å²) in [6, 6.07) is 7.76. The summed E-state index contributed by atoms with van der Waals surface area (Å²) < 4.78 is 8.41. The average molecular weight is 296 g/mol. The Balaban J connectivity index is 1.87. The van der Waals surface area contributed by atoms with Crippen LogP contribution in [0.25, 0.3) is 0 Å². The summed E-state index contributed by atoms with van der Waals surface area (Å²) in [5.41, 5.74) is 6.66. The van der Waals surface area contributed by atoms with Gasteiger partial charge in [-0.25, -0.2) is 0 Å². The predicted octanol–water partition coefficient (Wildman–Crippen LogP) is 2.62. The molecule has 1 aromatic carbocycles. The highest BCUT2D eigenvalue weighted by Gasteiger charge is 2.00. The van der Waals surface area contributed by atoms with E-state index in [1.807, 2.05) is 37.4 Å². The average Bonchev–Trinajstić information content (AvgIpc) is 2.58. The molecule has 17 heavy (non-hydrogen) atoms. The van der Waals surface area contributed by atoms with E-state index < -0.39 is 0 Å². The van der Waals surface area contributed by atoms with Gasteiger partial charge in [-0.05, 0) is 25.1 Å². The molecule has 0 aliphatic carbocycles. The van der Waals surface area contributed by atoms with Gasteiger partial charge in [0.1, 0.15) is 18.2 Å². The molecule has 0 aliphatic heterocycles. The third-order valence-electron chi connectivity index (χ3n) is 2.37. The number of benzene rings is 1. The molecule has 2 N–H and O–H groups in total. The Labute approximate surface area is 109 Å². The molecule has 2 rings (SSSR count). The van der Waals surface area contributed by atoms with Crippen molar-refractivity contribution in [3.63, 3.8) is 0 Å². The summed E-state index contributed by atoms with van der Waals surface area (Å²) in [5.74, 6) is 1.42. The summed E-state index contributed by atoms with van der Waals surface area (Å²) in [6.45, 7) is 3.19. The van der Waals surface area contributed by atoms with Gasteiger partial charge in [0.25, 0.3) is 0 Å². The lowest BCUT2D eigenvalue weighted by Crippen LogP contribution is -2.08. The molecule has 4 nitrogen and oxygen atoms in total. The lowest BCUT2D eigenvalue weighted by molar-refractivity contribution is 0.291. The summed E-state index contributed by atoms with van der Waals surface area (Å²) in [6.07, 6.45) is 1.92. The van der Waals surface area contributed by atoms with Gasteiger partial charge in [0.2, 0.25) is 0 Å². The van der Waals surface area contributed by atoms with Crippen molar-refractivity contribution in [2.45, 2.75) is 13.5 Å². The van der Waals surface area contributed by atoms with Gasteiger partial charge < -0.3 is 10.5 Å². The van der Waals surface area contributed by atoms with Gasteiger partial charge in [-0.1, -0.05) is 22.0 Å². The fourth-order valence-corrected chi connectivity index (χ4v) is 1.84. The zero-order valence-corrected chi connectivity index (χ0v) is 11.1. The van der Waals surface area contributed by atoms with E-state index in [1.165, 1.54) is 0 Å². The first kappa shape index (κ1) is 12.0. The van der Waals surface area contributed by atoms with Crippen molar-refractivity contribution >= 4 is 21.7 Å². The van der Waals surface area contributed by atoms with E-state index >= 15 is 0 Å². The topological polar surface area (TPSA) is 53.1 Å². The van der Waals surface area contributed by atoms with E-state index in [4.69, 9.17) is 10.5 Å². The predicted molar refractivity (Wildman–Crippen MR) is 71.0 cm³/mol. The Morgan fingerprint density at radius 1 is 1.47 bits per heavy atom. The first-order valence-corrected chi connectivity index (χ1v) is 6.12. The van der Waals surface area contributed by atoms with Crippen molar-refractivity contribution < 1.29 is 4.74 Å². The molecule has 5 heteroatoms. The molecule has 0 spiro atoms. The Morgan fingerprint density at radius 2 is 2.29 bits per heavy atom. The van der Waals surface area contributed by atoms with Gasteiger partial charge in [0.15, 0.2) is 0 Å². The van der Waals surface area contributed by atoms with E-state index in [2.05, 4.69) is 21.0 Å². The molecule has 0 aliphatic rings. The Morgan fingerprint density at radius 3 is 2.94 bits per heavy atom. The number of ether oxygens (including phenoxy) is 1. The van der Waals surface area contributed by atoms with Crippen LogP contribution in [0, 0.1) is 6.92 Å². The highest BCUT2D eigenvalue weighted by molar-refractivity contribution is 9.10. The normalized spacial score (nSPS) is 10.5. The van der Waals surface area contributed by atoms with Crippen LogP contribution in [0.2, 0.25) is 0 Å². The number of anilines is 1. The third-order valence-corrected chi connectivity index (χ3v) is 2.86. The molecule has 1 heterocycles. The van der Waals surface area contributed by atoms with Gasteiger partial charge in [0, 0.05) is 16.2 Å². The van der Waals surface area contributed by atoms with Crippen LogP contribution in [0.1, 0.15) is 5.56 Å². The van der Waals surface area contributed by atoms with Crippen molar-refractivity contribution in [3.05, 3.63) is 40.5 Å². The van der Waals surface area contributed by atoms with Crippen LogP contribution in [0.4, 0.5) is 5.82 Å². The van der Waals surface area contributed by atoms with Gasteiger partial charge in [0.05, 0.1) is 6.54 Å². The fraction of sp³-hybridized carbons (Fsp3) is 0.250. The number of nitrogens with two attached hydrogens (primary N) is 1. The van der Waals surface area contributed by atoms with Crippen LogP contribution in [-0.2, 0) is 6.54 Å². The summed E-state index contributed by atoms with van der Waals surface area (Å²) >= 11 is 3.40. The first-order valence-electron chi connectivity index (χ1n) is 5.33. The second-order valence-electron chi connectivity index (χ2n) is 3.77. The molecule has 0 saturated heterocycles. The number of rotatable bonds is 4. The molecule has 0 radical (unpaired) electrons. The maximum atomic E-state index is 5.66. The highest BCUT2D eigenvalue weighted by atomic mass is 79.9. The smallest absolute Gasteiger partial charge is 0.148 e. The first-order chi connectivity index (χ1) is 8.15. The number of aromatic nitrogens is 2. The van der Waals surface area contributed by atoms with Gasteiger partial charge in [-0.2, -0.15) is 5.10 Å². The summed E-state index contributed by atoms with van der Waals surface area (Å²) in [7, 11) is 0. The Hall–Kier alpha value is -1.49. The molecule has 90 valence electrons. The summed E-state index contributed by atoms with van der Waals surface area (Å²) in [5, 5.41) is 4.16. The number of hydrogen-bond donors (Lipinski definition) is 1. The van der Waals surface area contributed by atoms with Crippen molar-refractivity contribution in [2.75, 3.05) is 12.3 Å². The number of hydrogen-bond acceptors (Lipinski definition) is 3. The van der Waals surface area contributed by atoms with Gasteiger partial charge in [-0.3, -0.25) is 4.68 Å². The lowest BCUT2D eigenvalue weighted by atomic mass is 10.3. The van der Waals surface area contributed by atoms with E-state index in [1.54, 1.807) is 4.68 Å². The molecular formula is C12H14BrN3O. The number of nitrogens with zero attached hydrogens (tertiary/aromatic N) is 2. The van der Waals surface area contributed by atoms with E-state index in [9.17, 15) is 0 Å². The molecule has 0 saturated carbocycles. The molecule has 0 bridgehead atoms. The minimum Gasteiger partial charge on any atom is -0.492 e. The van der Waals surface area contributed by atoms with Gasteiger partial charge >= 0.3 is 0 Å². The third kappa shape index (κ3) is 3.23. The standard InChI is InChI=1S/C12H14BrN3O/c1-9-8-16(15-12(9)14)5-6-17-11-4-2-3-10(13)7-11/h2-4,7-8H,5-6H2,1H3,(H2,14,15). The van der Waals surface area contributed by atoms with Crippen molar-refractivity contribution in [1.82, 2.24) is 9.78 Å². The van der Waals surface area contributed by atoms with Crippen molar-refractivity contribution in [3.8, 4) is 5.75 Å². The van der Waals surface area contributed by atoms with Crippen LogP contribution in [-0.4, -0.2) is 16.4 Å². The minimum atomic E-state index is 0.566. The zero-order valence-electron chi connectivity index (χ0n) is 9.56. The SMILES string of the molecule is Cc1cn(CCOc2cccc(Br)c2)nc1N. The number of halogens is 1. The molecule has 0 fully saturated rings. The van der Waals surface area contributed by atoms with E-state index in [0.717, 1.165) is 15.8 Å². The number of aryl methyl sites for hydroxylation is 1. The van der Waals surface area contributed by atoms with Gasteiger partial charge in [-0.15, -0.1) is 0 Å². The maximum Gasteiger partial charge on any atom is 0.148 e. The molecule has 0 amide bonds. The number of nitrogen functional groups attached to an aromatic ring is 1. The molecule has 0 atom stereocenters.